The molecular formula is C15H11F3N4O4. The zero-order valence-corrected chi connectivity index (χ0v) is 13.3. The molecule has 0 atom stereocenters. The van der Waals surface area contributed by atoms with E-state index in [1.165, 1.54) is 6.08 Å². The first kappa shape index (κ1) is 17.5. The lowest BCUT2D eigenvalue weighted by Crippen LogP contribution is -2.33. The van der Waals surface area contributed by atoms with Crippen LogP contribution in [0.2, 0.25) is 0 Å². The standard InChI is InChI=1S/C15H11F3N4O4/c1-3-4-20-10-6-9(8(16)5-11(10)26-13(24)12(20)23)22-15(25)21(14(17)18)7(2)19-22/h3,5-6,14H,1,4H2,2H3. The first-order valence-electron chi connectivity index (χ1n) is 7.21. The van der Waals surface area contributed by atoms with Gasteiger partial charge in [-0.1, -0.05) is 6.08 Å². The number of fused-ring (bicyclic) bond motifs is 1. The van der Waals surface area contributed by atoms with E-state index >= 15 is 0 Å². The summed E-state index contributed by atoms with van der Waals surface area (Å²) in [5.74, 6) is -1.38. The molecule has 2 heterocycles. The van der Waals surface area contributed by atoms with Crippen molar-refractivity contribution in [3.63, 3.8) is 0 Å². The highest BCUT2D eigenvalue weighted by atomic mass is 19.3. The molecule has 0 aliphatic carbocycles. The fourth-order valence-corrected chi connectivity index (χ4v) is 2.52. The van der Waals surface area contributed by atoms with Crippen LogP contribution in [0.4, 0.5) is 13.2 Å². The summed E-state index contributed by atoms with van der Waals surface area (Å²) in [5.41, 5.74) is -4.24. The molecule has 8 nitrogen and oxygen atoms in total. The van der Waals surface area contributed by atoms with Crippen molar-refractivity contribution in [2.45, 2.75) is 20.0 Å². The molecule has 0 aliphatic rings. The van der Waals surface area contributed by atoms with Crippen LogP contribution in [0.3, 0.4) is 0 Å². The average molecular weight is 368 g/mol. The summed E-state index contributed by atoms with van der Waals surface area (Å²) in [5, 5.41) is 3.63. The maximum Gasteiger partial charge on any atom is 0.402 e. The van der Waals surface area contributed by atoms with Crippen LogP contribution < -0.4 is 16.9 Å². The van der Waals surface area contributed by atoms with E-state index in [2.05, 4.69) is 11.7 Å². The number of aryl methyl sites for hydroxylation is 1. The van der Waals surface area contributed by atoms with Gasteiger partial charge >= 0.3 is 23.4 Å². The summed E-state index contributed by atoms with van der Waals surface area (Å²) in [6.07, 6.45) is 1.32. The maximum atomic E-state index is 14.4. The van der Waals surface area contributed by atoms with Crippen molar-refractivity contribution in [3.8, 4) is 5.69 Å². The normalized spacial score (nSPS) is 11.4. The summed E-state index contributed by atoms with van der Waals surface area (Å²) in [6.45, 7) is 1.37. The van der Waals surface area contributed by atoms with E-state index < -0.39 is 34.9 Å². The van der Waals surface area contributed by atoms with Crippen molar-refractivity contribution < 1.29 is 17.6 Å². The quantitative estimate of drug-likeness (QED) is 0.512. The van der Waals surface area contributed by atoms with Crippen LogP contribution >= 0.6 is 0 Å². The molecule has 0 bridgehead atoms. The van der Waals surface area contributed by atoms with Gasteiger partial charge in [0.1, 0.15) is 11.5 Å². The van der Waals surface area contributed by atoms with Gasteiger partial charge < -0.3 is 4.42 Å². The van der Waals surface area contributed by atoms with Gasteiger partial charge in [0, 0.05) is 12.6 Å². The van der Waals surface area contributed by atoms with Gasteiger partial charge in [-0.25, -0.2) is 18.5 Å². The van der Waals surface area contributed by atoms with Crippen LogP contribution in [0.5, 0.6) is 0 Å². The minimum Gasteiger partial charge on any atom is -0.417 e. The summed E-state index contributed by atoms with van der Waals surface area (Å²) in [7, 11) is 0. The zero-order valence-electron chi connectivity index (χ0n) is 13.3. The molecule has 0 spiro atoms. The highest BCUT2D eigenvalue weighted by molar-refractivity contribution is 5.75. The summed E-state index contributed by atoms with van der Waals surface area (Å²) >= 11 is 0. The highest BCUT2D eigenvalue weighted by Gasteiger charge is 2.21. The Morgan fingerprint density at radius 2 is 2.00 bits per heavy atom. The third-order valence-corrected chi connectivity index (χ3v) is 3.66. The Morgan fingerprint density at radius 1 is 1.31 bits per heavy atom. The van der Waals surface area contributed by atoms with Gasteiger partial charge in [-0.2, -0.15) is 13.5 Å². The smallest absolute Gasteiger partial charge is 0.402 e. The van der Waals surface area contributed by atoms with Crippen molar-refractivity contribution in [3.05, 3.63) is 67.7 Å². The van der Waals surface area contributed by atoms with Gasteiger partial charge in [0.05, 0.1) is 5.52 Å². The van der Waals surface area contributed by atoms with Crippen LogP contribution in [0.1, 0.15) is 12.4 Å². The Morgan fingerprint density at radius 3 is 2.58 bits per heavy atom. The van der Waals surface area contributed by atoms with Crippen molar-refractivity contribution >= 4 is 11.1 Å². The number of hydrogen-bond acceptors (Lipinski definition) is 5. The van der Waals surface area contributed by atoms with Crippen LogP contribution in [0.25, 0.3) is 16.8 Å². The van der Waals surface area contributed by atoms with Crippen molar-refractivity contribution in [2.75, 3.05) is 0 Å². The molecule has 0 amide bonds. The summed E-state index contributed by atoms with van der Waals surface area (Å²) in [4.78, 5) is 35.6. The lowest BCUT2D eigenvalue weighted by atomic mass is 10.2. The lowest BCUT2D eigenvalue weighted by molar-refractivity contribution is 0.0640. The number of allylic oxidation sites excluding steroid dienone is 1. The van der Waals surface area contributed by atoms with E-state index in [0.717, 1.165) is 23.6 Å². The van der Waals surface area contributed by atoms with E-state index in [0.29, 0.717) is 4.68 Å². The number of alkyl halides is 2. The molecule has 0 fully saturated rings. The molecule has 0 N–H and O–H groups in total. The summed E-state index contributed by atoms with van der Waals surface area (Å²) in [6, 6.07) is 1.79. The molecule has 3 aromatic rings. The Labute approximate surface area is 142 Å². The highest BCUT2D eigenvalue weighted by Crippen LogP contribution is 2.20. The largest absolute Gasteiger partial charge is 0.417 e. The third-order valence-electron chi connectivity index (χ3n) is 3.66. The molecule has 3 rings (SSSR count). The lowest BCUT2D eigenvalue weighted by Gasteiger charge is -2.09. The number of benzene rings is 1. The predicted molar refractivity (Wildman–Crippen MR) is 84.3 cm³/mol. The van der Waals surface area contributed by atoms with Gasteiger partial charge in [-0.05, 0) is 13.0 Å². The van der Waals surface area contributed by atoms with Crippen LogP contribution in [0, 0.1) is 12.7 Å². The van der Waals surface area contributed by atoms with Crippen molar-refractivity contribution in [1.29, 1.82) is 0 Å². The Kier molecular flexibility index (Phi) is 4.14. The molecule has 0 aliphatic heterocycles. The van der Waals surface area contributed by atoms with Gasteiger partial charge in [0.2, 0.25) is 0 Å². The fourth-order valence-electron chi connectivity index (χ4n) is 2.52. The number of nitrogens with zero attached hydrogens (tertiary/aromatic N) is 4. The van der Waals surface area contributed by atoms with E-state index in [9.17, 15) is 27.6 Å². The first-order valence-corrected chi connectivity index (χ1v) is 7.21. The maximum absolute atomic E-state index is 14.4. The van der Waals surface area contributed by atoms with Gasteiger partial charge in [0.15, 0.2) is 11.4 Å². The Balaban J connectivity index is 2.39. The van der Waals surface area contributed by atoms with Crippen molar-refractivity contribution in [2.24, 2.45) is 0 Å². The molecule has 1 aromatic carbocycles. The molecule has 0 unspecified atom stereocenters. The fraction of sp³-hybridized carbons (Fsp3) is 0.200. The first-order chi connectivity index (χ1) is 12.3. The third kappa shape index (κ3) is 2.57. The number of rotatable bonds is 4. The van der Waals surface area contributed by atoms with Crippen molar-refractivity contribution in [1.82, 2.24) is 18.9 Å². The monoisotopic (exact) mass is 368 g/mol. The van der Waals surface area contributed by atoms with Gasteiger partial charge in [-0.15, -0.1) is 11.7 Å². The van der Waals surface area contributed by atoms with E-state index in [1.54, 1.807) is 0 Å². The second-order valence-corrected chi connectivity index (χ2v) is 5.25. The number of halogens is 3. The minimum atomic E-state index is -3.16. The summed E-state index contributed by atoms with van der Waals surface area (Å²) < 4.78 is 46.5. The van der Waals surface area contributed by atoms with Crippen LogP contribution in [-0.2, 0) is 6.54 Å². The number of hydrogen-bond donors (Lipinski definition) is 0. The molecule has 136 valence electrons. The predicted octanol–water partition coefficient (Wildman–Crippen LogP) is 1.33. The SMILES string of the molecule is C=CCn1c(=O)c(=O)oc2cc(F)c(-n3nc(C)n(C(F)F)c3=O)cc21. The molecular weight excluding hydrogens is 357 g/mol. The van der Waals surface area contributed by atoms with Gasteiger partial charge in [-0.3, -0.25) is 9.36 Å². The zero-order chi connectivity index (χ0) is 19.2. The molecule has 0 saturated carbocycles. The Bertz CT molecular complexity index is 1200. The average Bonchev–Trinajstić information content (AvgIpc) is 2.86. The van der Waals surface area contributed by atoms with Gasteiger partial charge in [0.25, 0.3) is 0 Å². The minimum absolute atomic E-state index is 0.0259. The van der Waals surface area contributed by atoms with Crippen LogP contribution in [-0.4, -0.2) is 18.9 Å². The molecule has 2 aromatic heterocycles. The topological polar surface area (TPSA) is 92.0 Å². The molecule has 0 saturated heterocycles. The molecule has 11 heteroatoms. The second kappa shape index (κ2) is 6.17. The van der Waals surface area contributed by atoms with E-state index in [4.69, 9.17) is 4.42 Å². The Hall–Kier alpha value is -3.37. The molecule has 26 heavy (non-hydrogen) atoms. The van der Waals surface area contributed by atoms with E-state index in [-0.39, 0.29) is 28.0 Å². The second-order valence-electron chi connectivity index (χ2n) is 5.25. The number of aromatic nitrogens is 4. The van der Waals surface area contributed by atoms with E-state index in [1.807, 2.05) is 0 Å². The molecule has 0 radical (unpaired) electrons. The van der Waals surface area contributed by atoms with Crippen LogP contribution in [0.15, 0.2) is 43.6 Å².